The molecule has 90 valence electrons. The summed E-state index contributed by atoms with van der Waals surface area (Å²) in [7, 11) is 0. The first kappa shape index (κ1) is 12.3. The maximum atomic E-state index is 13.4. The Morgan fingerprint density at radius 2 is 2.22 bits per heavy atom. The van der Waals surface area contributed by atoms with Gasteiger partial charge in [0.2, 0.25) is 0 Å². The van der Waals surface area contributed by atoms with Gasteiger partial charge in [-0.2, -0.15) is 10.4 Å². The second-order valence-electron chi connectivity index (χ2n) is 3.27. The molecule has 18 heavy (non-hydrogen) atoms. The van der Waals surface area contributed by atoms with Crippen molar-refractivity contribution in [3.8, 4) is 17.7 Å². The van der Waals surface area contributed by atoms with E-state index in [9.17, 15) is 4.39 Å². The van der Waals surface area contributed by atoms with Gasteiger partial charge in [-0.3, -0.25) is 0 Å². The van der Waals surface area contributed by atoms with Crippen molar-refractivity contribution >= 4 is 21.6 Å². The largest absolute Gasteiger partial charge is 0.434 e. The Morgan fingerprint density at radius 3 is 2.94 bits per heavy atom. The highest BCUT2D eigenvalue weighted by atomic mass is 79.9. The number of hydrogen-bond acceptors (Lipinski definition) is 5. The van der Waals surface area contributed by atoms with Crippen molar-refractivity contribution in [2.75, 3.05) is 5.73 Å². The molecule has 0 bridgehead atoms. The molecule has 0 amide bonds. The number of anilines is 1. The second kappa shape index (κ2) is 4.98. The van der Waals surface area contributed by atoms with Crippen LogP contribution in [-0.4, -0.2) is 10.2 Å². The van der Waals surface area contributed by atoms with Gasteiger partial charge in [0.1, 0.15) is 17.4 Å². The Morgan fingerprint density at radius 1 is 1.44 bits per heavy atom. The number of benzene rings is 1. The summed E-state index contributed by atoms with van der Waals surface area (Å²) in [4.78, 5) is 0. The van der Waals surface area contributed by atoms with E-state index in [2.05, 4.69) is 26.1 Å². The molecule has 0 fully saturated rings. The van der Waals surface area contributed by atoms with Crippen LogP contribution >= 0.6 is 15.9 Å². The lowest BCUT2D eigenvalue weighted by molar-refractivity contribution is 0.451. The number of rotatable bonds is 2. The van der Waals surface area contributed by atoms with Gasteiger partial charge in [-0.05, 0) is 28.1 Å². The predicted molar refractivity (Wildman–Crippen MR) is 65.3 cm³/mol. The Balaban J connectivity index is 2.41. The highest BCUT2D eigenvalue weighted by Crippen LogP contribution is 2.32. The topological polar surface area (TPSA) is 84.8 Å². The third kappa shape index (κ3) is 2.38. The van der Waals surface area contributed by atoms with Crippen LogP contribution in [-0.2, 0) is 0 Å². The minimum absolute atomic E-state index is 0.0200. The zero-order valence-corrected chi connectivity index (χ0v) is 10.5. The third-order valence-electron chi connectivity index (χ3n) is 2.07. The molecule has 5 nitrogen and oxygen atoms in total. The second-order valence-corrected chi connectivity index (χ2v) is 4.12. The van der Waals surface area contributed by atoms with Gasteiger partial charge in [0.25, 0.3) is 5.88 Å². The van der Waals surface area contributed by atoms with E-state index >= 15 is 0 Å². The summed E-state index contributed by atoms with van der Waals surface area (Å²) in [5, 5.41) is 16.1. The molecule has 2 N–H and O–H groups in total. The summed E-state index contributed by atoms with van der Waals surface area (Å²) in [5.41, 5.74) is 6.08. The zero-order chi connectivity index (χ0) is 13.1. The number of aromatic nitrogens is 2. The van der Waals surface area contributed by atoms with Gasteiger partial charge in [0.05, 0.1) is 16.4 Å². The van der Waals surface area contributed by atoms with Crippen LogP contribution < -0.4 is 10.5 Å². The van der Waals surface area contributed by atoms with E-state index in [0.717, 1.165) is 6.07 Å². The lowest BCUT2D eigenvalue weighted by Gasteiger charge is -2.08. The summed E-state index contributed by atoms with van der Waals surface area (Å²) < 4.78 is 18.9. The molecule has 2 rings (SSSR count). The van der Waals surface area contributed by atoms with Crippen LogP contribution in [0.4, 0.5) is 10.1 Å². The van der Waals surface area contributed by atoms with E-state index in [-0.39, 0.29) is 27.4 Å². The maximum absolute atomic E-state index is 13.4. The molecule has 0 radical (unpaired) electrons. The zero-order valence-electron chi connectivity index (χ0n) is 8.89. The number of nitrogen functional groups attached to an aromatic ring is 1. The Labute approximate surface area is 110 Å². The van der Waals surface area contributed by atoms with Crippen LogP contribution in [0.1, 0.15) is 5.56 Å². The quantitative estimate of drug-likeness (QED) is 0.862. The normalized spacial score (nSPS) is 9.83. The maximum Gasteiger partial charge on any atom is 0.257 e. The fourth-order valence-electron chi connectivity index (χ4n) is 1.22. The number of halogens is 2. The van der Waals surface area contributed by atoms with Crippen LogP contribution in [0.3, 0.4) is 0 Å². The highest BCUT2D eigenvalue weighted by molar-refractivity contribution is 9.10. The lowest BCUT2D eigenvalue weighted by Crippen LogP contribution is -1.98. The molecular weight excluding hydrogens is 303 g/mol. The standard InChI is InChI=1S/C11H6BrFN4O/c12-7-3-9(15)10(4-8(7)13)18-11-6(5-14)1-2-16-17-11/h1-4H,15H2. The van der Waals surface area contributed by atoms with Crippen molar-refractivity contribution in [1.29, 1.82) is 5.26 Å². The molecule has 0 unspecified atom stereocenters. The monoisotopic (exact) mass is 308 g/mol. The average Bonchev–Trinajstić information content (AvgIpc) is 2.36. The predicted octanol–water partition coefficient (Wildman–Crippen LogP) is 2.62. The van der Waals surface area contributed by atoms with Crippen LogP contribution in [0.25, 0.3) is 0 Å². The molecule has 0 aliphatic rings. The highest BCUT2D eigenvalue weighted by Gasteiger charge is 2.11. The van der Waals surface area contributed by atoms with Gasteiger partial charge in [0.15, 0.2) is 5.75 Å². The summed E-state index contributed by atoms with van der Waals surface area (Å²) in [6.45, 7) is 0. The summed E-state index contributed by atoms with van der Waals surface area (Å²) >= 11 is 3.00. The van der Waals surface area contributed by atoms with Crippen molar-refractivity contribution < 1.29 is 9.13 Å². The fraction of sp³-hybridized carbons (Fsp3) is 0. The van der Waals surface area contributed by atoms with Gasteiger partial charge in [-0.1, -0.05) is 0 Å². The Hall–Kier alpha value is -2.20. The van der Waals surface area contributed by atoms with Crippen LogP contribution in [0.5, 0.6) is 11.6 Å². The van der Waals surface area contributed by atoms with E-state index in [1.54, 1.807) is 0 Å². The molecule has 0 aliphatic carbocycles. The minimum Gasteiger partial charge on any atom is -0.434 e. The molecule has 1 aromatic heterocycles. The lowest BCUT2D eigenvalue weighted by atomic mass is 10.3. The summed E-state index contributed by atoms with van der Waals surface area (Å²) in [5.74, 6) is -0.470. The number of nitrogens with zero attached hydrogens (tertiary/aromatic N) is 3. The van der Waals surface area contributed by atoms with E-state index in [4.69, 9.17) is 15.7 Å². The molecule has 0 aliphatic heterocycles. The molecule has 7 heteroatoms. The number of nitriles is 1. The molecule has 1 aromatic carbocycles. The minimum atomic E-state index is -0.526. The number of ether oxygens (including phenoxy) is 1. The van der Waals surface area contributed by atoms with Crippen molar-refractivity contribution in [3.63, 3.8) is 0 Å². The van der Waals surface area contributed by atoms with Crippen molar-refractivity contribution in [2.45, 2.75) is 0 Å². The van der Waals surface area contributed by atoms with Crippen LogP contribution in [0.15, 0.2) is 28.9 Å². The van der Waals surface area contributed by atoms with Gasteiger partial charge in [-0.15, -0.1) is 5.10 Å². The first-order valence-electron chi connectivity index (χ1n) is 4.76. The van der Waals surface area contributed by atoms with Crippen LogP contribution in [0.2, 0.25) is 0 Å². The van der Waals surface area contributed by atoms with E-state index in [0.29, 0.717) is 0 Å². The molecule has 0 saturated heterocycles. The van der Waals surface area contributed by atoms with E-state index < -0.39 is 5.82 Å². The van der Waals surface area contributed by atoms with Gasteiger partial charge in [0, 0.05) is 6.07 Å². The van der Waals surface area contributed by atoms with Gasteiger partial charge < -0.3 is 10.5 Å². The van der Waals surface area contributed by atoms with E-state index in [1.165, 1.54) is 18.3 Å². The number of nitrogens with two attached hydrogens (primary N) is 1. The molecular formula is C11H6BrFN4O. The molecule has 1 heterocycles. The van der Waals surface area contributed by atoms with Crippen LogP contribution in [0, 0.1) is 17.1 Å². The molecule has 2 aromatic rings. The first-order chi connectivity index (χ1) is 8.61. The molecule has 0 spiro atoms. The smallest absolute Gasteiger partial charge is 0.257 e. The van der Waals surface area contributed by atoms with E-state index in [1.807, 2.05) is 6.07 Å². The molecule has 0 atom stereocenters. The summed E-state index contributed by atoms with van der Waals surface area (Å²) in [6, 6.07) is 5.80. The SMILES string of the molecule is N#Cc1ccnnc1Oc1cc(F)c(Br)cc1N. The summed E-state index contributed by atoms with van der Waals surface area (Å²) in [6.07, 6.45) is 1.36. The van der Waals surface area contributed by atoms with Gasteiger partial charge >= 0.3 is 0 Å². The fourth-order valence-corrected chi connectivity index (χ4v) is 1.58. The van der Waals surface area contributed by atoms with Crippen molar-refractivity contribution in [3.05, 3.63) is 40.2 Å². The Kier molecular flexibility index (Phi) is 3.39. The average molecular weight is 309 g/mol. The number of hydrogen-bond donors (Lipinski definition) is 1. The first-order valence-corrected chi connectivity index (χ1v) is 5.55. The van der Waals surface area contributed by atoms with Gasteiger partial charge in [-0.25, -0.2) is 4.39 Å². The third-order valence-corrected chi connectivity index (χ3v) is 2.67. The Bertz CT molecular complexity index is 641. The van der Waals surface area contributed by atoms with Crippen molar-refractivity contribution in [2.24, 2.45) is 0 Å². The van der Waals surface area contributed by atoms with Crippen molar-refractivity contribution in [1.82, 2.24) is 10.2 Å². The molecule has 0 saturated carbocycles.